The molecule has 2 atom stereocenters. The van der Waals surface area contributed by atoms with Crippen LogP contribution in [0.25, 0.3) is 0 Å². The lowest BCUT2D eigenvalue weighted by Crippen LogP contribution is -2.35. The van der Waals surface area contributed by atoms with Crippen LogP contribution in [0.3, 0.4) is 0 Å². The van der Waals surface area contributed by atoms with E-state index in [1.54, 1.807) is 31.2 Å². The second-order valence-corrected chi connectivity index (χ2v) is 6.71. The van der Waals surface area contributed by atoms with Gasteiger partial charge in [0.25, 0.3) is 5.91 Å². The van der Waals surface area contributed by atoms with Gasteiger partial charge in [0.05, 0.1) is 11.6 Å². The van der Waals surface area contributed by atoms with Gasteiger partial charge in [0.15, 0.2) is 12.2 Å². The van der Waals surface area contributed by atoms with Gasteiger partial charge in [-0.3, -0.25) is 4.79 Å². The molecule has 0 fully saturated rings. The van der Waals surface area contributed by atoms with Gasteiger partial charge in [-0.05, 0) is 55.7 Å². The normalized spacial score (nSPS) is 12.6. The lowest BCUT2D eigenvalue weighted by molar-refractivity contribution is -0.159. The van der Waals surface area contributed by atoms with Crippen molar-refractivity contribution in [2.45, 2.75) is 45.8 Å². The highest BCUT2D eigenvalue weighted by atomic mass is 16.6. The Morgan fingerprint density at radius 3 is 2.21 bits per heavy atom. The van der Waals surface area contributed by atoms with Crippen LogP contribution in [0.5, 0.6) is 5.75 Å². The van der Waals surface area contributed by atoms with Crippen molar-refractivity contribution in [3.05, 3.63) is 59.7 Å². The minimum Gasteiger partial charge on any atom is -0.479 e. The maximum absolute atomic E-state index is 12.4. The van der Waals surface area contributed by atoms with Crippen LogP contribution in [0.4, 0.5) is 5.69 Å². The molecule has 1 N–H and O–H groups in total. The molecular weight excluding hydrogens is 356 g/mol. The first-order chi connectivity index (χ1) is 13.3. The van der Waals surface area contributed by atoms with Crippen LogP contribution in [-0.4, -0.2) is 24.1 Å². The summed E-state index contributed by atoms with van der Waals surface area (Å²) in [5.41, 5.74) is 2.20. The third kappa shape index (κ3) is 5.58. The first-order valence-corrected chi connectivity index (χ1v) is 9.09. The van der Waals surface area contributed by atoms with Gasteiger partial charge in [-0.25, -0.2) is 4.79 Å². The number of anilines is 1. The Bertz CT molecular complexity index is 869. The molecule has 0 aliphatic carbocycles. The molecule has 0 saturated heterocycles. The number of nitrogens with zero attached hydrogens (tertiary/aromatic N) is 1. The molecule has 6 nitrogen and oxygen atoms in total. The first-order valence-electron chi connectivity index (χ1n) is 9.09. The summed E-state index contributed by atoms with van der Waals surface area (Å²) < 4.78 is 10.7. The molecule has 0 spiro atoms. The minimum atomic E-state index is -0.972. The van der Waals surface area contributed by atoms with Crippen molar-refractivity contribution in [3.63, 3.8) is 0 Å². The van der Waals surface area contributed by atoms with E-state index in [-0.39, 0.29) is 5.92 Å². The Hall–Kier alpha value is -3.33. The predicted molar refractivity (Wildman–Crippen MR) is 106 cm³/mol. The number of ether oxygens (including phenoxy) is 2. The molecular formula is C22H24N2O4. The van der Waals surface area contributed by atoms with E-state index in [9.17, 15) is 9.59 Å². The predicted octanol–water partition coefficient (Wildman–Crippen LogP) is 4.02. The molecule has 0 unspecified atom stereocenters. The Balaban J connectivity index is 1.93. The van der Waals surface area contributed by atoms with Gasteiger partial charge in [0, 0.05) is 5.69 Å². The highest BCUT2D eigenvalue weighted by molar-refractivity contribution is 5.96. The van der Waals surface area contributed by atoms with Gasteiger partial charge in [0.2, 0.25) is 0 Å². The Morgan fingerprint density at radius 1 is 0.964 bits per heavy atom. The van der Waals surface area contributed by atoms with E-state index in [1.165, 1.54) is 6.92 Å². The average molecular weight is 380 g/mol. The van der Waals surface area contributed by atoms with Crippen molar-refractivity contribution in [3.8, 4) is 11.8 Å². The van der Waals surface area contributed by atoms with E-state index in [0.717, 1.165) is 5.56 Å². The zero-order chi connectivity index (χ0) is 20.7. The molecule has 146 valence electrons. The summed E-state index contributed by atoms with van der Waals surface area (Å²) in [5.74, 6) is -0.377. The molecule has 0 radical (unpaired) electrons. The van der Waals surface area contributed by atoms with E-state index in [2.05, 4.69) is 5.32 Å². The van der Waals surface area contributed by atoms with Gasteiger partial charge in [-0.15, -0.1) is 0 Å². The van der Waals surface area contributed by atoms with Crippen LogP contribution in [0, 0.1) is 11.3 Å². The standard InChI is InChI=1S/C22H24N2O4/c1-14(2)19-7-5-6-8-20(19)24-21(25)15(3)28-22(26)16(4)27-18-11-9-17(13-23)10-12-18/h5-12,14-16H,1-4H3,(H,24,25)/t15-,16+/m0/s1. The van der Waals surface area contributed by atoms with Gasteiger partial charge in [-0.2, -0.15) is 5.26 Å². The summed E-state index contributed by atoms with van der Waals surface area (Å²) in [7, 11) is 0. The number of esters is 1. The molecule has 2 aromatic rings. The largest absolute Gasteiger partial charge is 0.479 e. The number of carbonyl (C=O) groups excluding carboxylic acids is 2. The number of para-hydroxylation sites is 1. The summed E-state index contributed by atoms with van der Waals surface area (Å²) in [4.78, 5) is 24.6. The third-order valence-corrected chi connectivity index (χ3v) is 4.13. The van der Waals surface area contributed by atoms with Crippen LogP contribution in [0.2, 0.25) is 0 Å². The van der Waals surface area contributed by atoms with Crippen LogP contribution in [-0.2, 0) is 14.3 Å². The number of nitriles is 1. The van der Waals surface area contributed by atoms with Gasteiger partial charge in [-0.1, -0.05) is 32.0 Å². The highest BCUT2D eigenvalue weighted by Gasteiger charge is 2.24. The van der Waals surface area contributed by atoms with E-state index in [0.29, 0.717) is 17.0 Å². The summed E-state index contributed by atoms with van der Waals surface area (Å²) >= 11 is 0. The van der Waals surface area contributed by atoms with Crippen LogP contribution in [0.15, 0.2) is 48.5 Å². The van der Waals surface area contributed by atoms with E-state index >= 15 is 0 Å². The molecule has 0 aromatic heterocycles. The number of nitrogens with one attached hydrogen (secondary N) is 1. The molecule has 1 amide bonds. The smallest absolute Gasteiger partial charge is 0.347 e. The van der Waals surface area contributed by atoms with E-state index in [4.69, 9.17) is 14.7 Å². The molecule has 6 heteroatoms. The maximum Gasteiger partial charge on any atom is 0.347 e. The fourth-order valence-corrected chi connectivity index (χ4v) is 2.53. The highest BCUT2D eigenvalue weighted by Crippen LogP contribution is 2.24. The number of hydrogen-bond acceptors (Lipinski definition) is 5. The number of carbonyl (C=O) groups is 2. The number of amides is 1. The van der Waals surface area contributed by atoms with Crippen molar-refractivity contribution in [1.82, 2.24) is 0 Å². The zero-order valence-electron chi connectivity index (χ0n) is 16.4. The lowest BCUT2D eigenvalue weighted by atomic mass is 10.0. The molecule has 2 aromatic carbocycles. The zero-order valence-corrected chi connectivity index (χ0v) is 16.4. The Kier molecular flexibility index (Phi) is 7.16. The quantitative estimate of drug-likeness (QED) is 0.733. The number of rotatable bonds is 7. The second-order valence-electron chi connectivity index (χ2n) is 6.71. The van der Waals surface area contributed by atoms with E-state index < -0.39 is 24.1 Å². The fourth-order valence-electron chi connectivity index (χ4n) is 2.53. The van der Waals surface area contributed by atoms with Crippen molar-refractivity contribution in [2.75, 3.05) is 5.32 Å². The van der Waals surface area contributed by atoms with Crippen molar-refractivity contribution < 1.29 is 19.1 Å². The lowest BCUT2D eigenvalue weighted by Gasteiger charge is -2.19. The average Bonchev–Trinajstić information content (AvgIpc) is 2.68. The monoisotopic (exact) mass is 380 g/mol. The molecule has 28 heavy (non-hydrogen) atoms. The number of benzene rings is 2. The SMILES string of the molecule is CC(C)c1ccccc1NC(=O)[C@H](C)OC(=O)[C@@H](C)Oc1ccc(C#N)cc1. The number of hydrogen-bond donors (Lipinski definition) is 1. The molecule has 0 heterocycles. The molecule has 0 aliphatic heterocycles. The van der Waals surface area contributed by atoms with Crippen LogP contribution in [0.1, 0.15) is 44.7 Å². The minimum absolute atomic E-state index is 0.246. The summed E-state index contributed by atoms with van der Waals surface area (Å²) in [6.45, 7) is 7.13. The summed E-state index contributed by atoms with van der Waals surface area (Å²) in [5, 5.41) is 11.6. The van der Waals surface area contributed by atoms with Crippen LogP contribution >= 0.6 is 0 Å². The second kappa shape index (κ2) is 9.56. The van der Waals surface area contributed by atoms with Gasteiger partial charge in [0.1, 0.15) is 5.75 Å². The summed E-state index contributed by atoms with van der Waals surface area (Å²) in [6, 6.07) is 15.9. The maximum atomic E-state index is 12.4. The van der Waals surface area contributed by atoms with Crippen molar-refractivity contribution in [2.24, 2.45) is 0 Å². The van der Waals surface area contributed by atoms with Gasteiger partial charge >= 0.3 is 5.97 Å². The molecule has 0 saturated carbocycles. The van der Waals surface area contributed by atoms with Crippen molar-refractivity contribution >= 4 is 17.6 Å². The topological polar surface area (TPSA) is 88.4 Å². The van der Waals surface area contributed by atoms with Gasteiger partial charge < -0.3 is 14.8 Å². The Labute approximate surface area is 165 Å². The van der Waals surface area contributed by atoms with Crippen molar-refractivity contribution in [1.29, 1.82) is 5.26 Å². The summed E-state index contributed by atoms with van der Waals surface area (Å²) in [6.07, 6.45) is -1.87. The van der Waals surface area contributed by atoms with E-state index in [1.807, 2.05) is 44.2 Å². The fraction of sp³-hybridized carbons (Fsp3) is 0.318. The molecule has 2 rings (SSSR count). The Morgan fingerprint density at radius 2 is 1.61 bits per heavy atom. The molecule has 0 bridgehead atoms. The molecule has 0 aliphatic rings. The first kappa shape index (κ1) is 21.0. The third-order valence-electron chi connectivity index (χ3n) is 4.13. The van der Waals surface area contributed by atoms with Crippen LogP contribution < -0.4 is 10.1 Å².